The highest BCUT2D eigenvalue weighted by molar-refractivity contribution is 5.92. The van der Waals surface area contributed by atoms with Gasteiger partial charge in [0.2, 0.25) is 0 Å². The predicted molar refractivity (Wildman–Crippen MR) is 72.4 cm³/mol. The number of methoxy groups -OCH3 is 1. The smallest absolute Gasteiger partial charge is 0.271 e. The van der Waals surface area contributed by atoms with Gasteiger partial charge >= 0.3 is 0 Å². The fraction of sp³-hybridized carbons (Fsp3) is 0.286. The lowest BCUT2D eigenvalue weighted by molar-refractivity contribution is 0.0949. The van der Waals surface area contributed by atoms with E-state index in [4.69, 9.17) is 4.74 Å². The van der Waals surface area contributed by atoms with E-state index in [1.807, 2.05) is 31.2 Å². The maximum atomic E-state index is 11.7. The Morgan fingerprint density at radius 3 is 2.68 bits per heavy atom. The number of aryl methyl sites for hydroxylation is 1. The second kappa shape index (κ2) is 6.04. The van der Waals surface area contributed by atoms with Gasteiger partial charge in [0.15, 0.2) is 0 Å². The summed E-state index contributed by atoms with van der Waals surface area (Å²) in [7, 11) is 1.64. The quantitative estimate of drug-likeness (QED) is 0.858. The van der Waals surface area contributed by atoms with Crippen LogP contribution in [0.15, 0.2) is 30.3 Å². The Balaban J connectivity index is 1.81. The van der Waals surface area contributed by atoms with Crippen LogP contribution in [-0.4, -0.2) is 29.8 Å². The number of benzene rings is 1. The number of nitrogens with one attached hydrogen (secondary N) is 2. The van der Waals surface area contributed by atoms with Crippen molar-refractivity contribution in [2.45, 2.75) is 13.3 Å². The van der Waals surface area contributed by atoms with Gasteiger partial charge in [-0.25, -0.2) is 0 Å². The molecule has 0 unspecified atom stereocenters. The van der Waals surface area contributed by atoms with Gasteiger partial charge in [0, 0.05) is 12.2 Å². The minimum absolute atomic E-state index is 0.155. The first kappa shape index (κ1) is 13.1. The van der Waals surface area contributed by atoms with Crippen LogP contribution in [-0.2, 0) is 6.42 Å². The zero-order chi connectivity index (χ0) is 13.7. The van der Waals surface area contributed by atoms with Crippen molar-refractivity contribution >= 4 is 5.91 Å². The Kier molecular flexibility index (Phi) is 4.18. The molecule has 0 bridgehead atoms. The van der Waals surface area contributed by atoms with Crippen molar-refractivity contribution in [1.29, 1.82) is 0 Å². The third-order valence-electron chi connectivity index (χ3n) is 2.80. The van der Waals surface area contributed by atoms with E-state index in [0.717, 1.165) is 23.4 Å². The van der Waals surface area contributed by atoms with Crippen LogP contribution in [0.25, 0.3) is 0 Å². The van der Waals surface area contributed by atoms with Gasteiger partial charge in [-0.1, -0.05) is 12.1 Å². The summed E-state index contributed by atoms with van der Waals surface area (Å²) in [6, 6.07) is 9.53. The number of H-pyrrole nitrogens is 1. The van der Waals surface area contributed by atoms with Crippen LogP contribution in [0.5, 0.6) is 5.75 Å². The summed E-state index contributed by atoms with van der Waals surface area (Å²) in [5.74, 6) is 0.678. The molecular weight excluding hydrogens is 242 g/mol. The zero-order valence-electron chi connectivity index (χ0n) is 11.1. The van der Waals surface area contributed by atoms with Gasteiger partial charge < -0.3 is 10.1 Å². The number of aromatic nitrogens is 2. The highest BCUT2D eigenvalue weighted by Gasteiger charge is 2.07. The minimum atomic E-state index is -0.155. The first-order valence-electron chi connectivity index (χ1n) is 6.12. The summed E-state index contributed by atoms with van der Waals surface area (Å²) in [5.41, 5.74) is 2.45. The summed E-state index contributed by atoms with van der Waals surface area (Å²) in [6.07, 6.45) is 0.777. The molecule has 5 nitrogen and oxygen atoms in total. The number of amides is 1. The molecule has 19 heavy (non-hydrogen) atoms. The number of rotatable bonds is 5. The molecule has 0 aliphatic heterocycles. The molecule has 0 aliphatic rings. The standard InChI is InChI=1S/C14H17N3O2/c1-10-9-13(17-16-10)14(18)15-8-7-11-3-5-12(19-2)6-4-11/h3-6,9H,7-8H2,1-2H3,(H,15,18)(H,16,17). The van der Waals surface area contributed by atoms with Gasteiger partial charge in [0.25, 0.3) is 5.91 Å². The van der Waals surface area contributed by atoms with Crippen LogP contribution in [0.2, 0.25) is 0 Å². The normalized spacial score (nSPS) is 10.2. The molecule has 0 radical (unpaired) electrons. The van der Waals surface area contributed by atoms with E-state index in [2.05, 4.69) is 15.5 Å². The van der Waals surface area contributed by atoms with Crippen LogP contribution in [0.3, 0.4) is 0 Å². The summed E-state index contributed by atoms with van der Waals surface area (Å²) in [4.78, 5) is 11.7. The Bertz CT molecular complexity index is 546. The number of nitrogens with zero attached hydrogens (tertiary/aromatic N) is 1. The molecule has 1 aromatic carbocycles. The lowest BCUT2D eigenvalue weighted by Crippen LogP contribution is -2.26. The van der Waals surface area contributed by atoms with E-state index < -0.39 is 0 Å². The highest BCUT2D eigenvalue weighted by Crippen LogP contribution is 2.11. The summed E-state index contributed by atoms with van der Waals surface area (Å²) < 4.78 is 5.09. The van der Waals surface area contributed by atoms with Gasteiger partial charge in [0.1, 0.15) is 11.4 Å². The third-order valence-corrected chi connectivity index (χ3v) is 2.80. The Morgan fingerprint density at radius 1 is 1.37 bits per heavy atom. The average molecular weight is 259 g/mol. The van der Waals surface area contributed by atoms with Crippen molar-refractivity contribution in [3.63, 3.8) is 0 Å². The molecule has 0 saturated heterocycles. The first-order valence-corrected chi connectivity index (χ1v) is 6.12. The van der Waals surface area contributed by atoms with Crippen molar-refractivity contribution in [3.8, 4) is 5.75 Å². The largest absolute Gasteiger partial charge is 0.497 e. The molecule has 1 aromatic heterocycles. The van der Waals surface area contributed by atoms with Crippen molar-refractivity contribution in [3.05, 3.63) is 47.3 Å². The van der Waals surface area contributed by atoms with Crippen LogP contribution in [0, 0.1) is 6.92 Å². The summed E-state index contributed by atoms with van der Waals surface area (Å²) in [6.45, 7) is 2.44. The minimum Gasteiger partial charge on any atom is -0.497 e. The van der Waals surface area contributed by atoms with E-state index >= 15 is 0 Å². The second-order valence-corrected chi connectivity index (χ2v) is 4.29. The molecule has 0 aliphatic carbocycles. The van der Waals surface area contributed by atoms with Crippen LogP contribution < -0.4 is 10.1 Å². The van der Waals surface area contributed by atoms with Crippen LogP contribution >= 0.6 is 0 Å². The molecule has 2 rings (SSSR count). The van der Waals surface area contributed by atoms with E-state index in [1.165, 1.54) is 0 Å². The molecule has 0 saturated carbocycles. The average Bonchev–Trinajstić information content (AvgIpc) is 2.86. The SMILES string of the molecule is COc1ccc(CCNC(=O)c2cc(C)[nH]n2)cc1. The third kappa shape index (κ3) is 3.58. The number of carbonyl (C=O) groups is 1. The monoisotopic (exact) mass is 259 g/mol. The van der Waals surface area contributed by atoms with Crippen molar-refractivity contribution in [2.75, 3.05) is 13.7 Å². The number of hydrogen-bond donors (Lipinski definition) is 2. The van der Waals surface area contributed by atoms with E-state index in [0.29, 0.717) is 12.2 Å². The maximum Gasteiger partial charge on any atom is 0.271 e. The Labute approximate surface area is 112 Å². The zero-order valence-corrected chi connectivity index (χ0v) is 11.1. The molecule has 1 heterocycles. The van der Waals surface area contributed by atoms with Gasteiger partial charge in [-0.15, -0.1) is 0 Å². The predicted octanol–water partition coefficient (Wildman–Crippen LogP) is 1.70. The van der Waals surface area contributed by atoms with Crippen LogP contribution in [0.1, 0.15) is 21.7 Å². The lowest BCUT2D eigenvalue weighted by atomic mass is 10.1. The van der Waals surface area contributed by atoms with Gasteiger partial charge in [0.05, 0.1) is 7.11 Å². The molecule has 100 valence electrons. The van der Waals surface area contributed by atoms with E-state index in [1.54, 1.807) is 13.2 Å². The second-order valence-electron chi connectivity index (χ2n) is 4.29. The maximum absolute atomic E-state index is 11.7. The van der Waals surface area contributed by atoms with Gasteiger partial charge in [-0.05, 0) is 37.1 Å². The topological polar surface area (TPSA) is 67.0 Å². The molecule has 2 N–H and O–H groups in total. The van der Waals surface area contributed by atoms with E-state index in [9.17, 15) is 4.79 Å². The van der Waals surface area contributed by atoms with Crippen molar-refractivity contribution < 1.29 is 9.53 Å². The fourth-order valence-electron chi connectivity index (χ4n) is 1.74. The number of hydrogen-bond acceptors (Lipinski definition) is 3. The first-order chi connectivity index (χ1) is 9.19. The summed E-state index contributed by atoms with van der Waals surface area (Å²) >= 11 is 0. The summed E-state index contributed by atoms with van der Waals surface area (Å²) in [5, 5.41) is 9.49. The molecule has 0 fully saturated rings. The van der Waals surface area contributed by atoms with Crippen LogP contribution in [0.4, 0.5) is 0 Å². The van der Waals surface area contributed by atoms with E-state index in [-0.39, 0.29) is 5.91 Å². The molecule has 0 atom stereocenters. The highest BCUT2D eigenvalue weighted by atomic mass is 16.5. The number of carbonyl (C=O) groups excluding carboxylic acids is 1. The van der Waals surface area contributed by atoms with Gasteiger partial charge in [-0.2, -0.15) is 5.10 Å². The molecular formula is C14H17N3O2. The van der Waals surface area contributed by atoms with Gasteiger partial charge in [-0.3, -0.25) is 9.89 Å². The molecule has 2 aromatic rings. The fourth-order valence-corrected chi connectivity index (χ4v) is 1.74. The van der Waals surface area contributed by atoms with Crippen molar-refractivity contribution in [2.24, 2.45) is 0 Å². The Morgan fingerprint density at radius 2 is 2.11 bits per heavy atom. The number of aromatic amines is 1. The molecule has 1 amide bonds. The number of ether oxygens (including phenoxy) is 1. The molecule has 5 heteroatoms. The lowest BCUT2D eigenvalue weighted by Gasteiger charge is -2.04. The Hall–Kier alpha value is -2.30. The molecule has 0 spiro atoms. The van der Waals surface area contributed by atoms with Crippen molar-refractivity contribution in [1.82, 2.24) is 15.5 Å².